The lowest BCUT2D eigenvalue weighted by Crippen LogP contribution is -2.22. The number of anilines is 1. The number of hydrogen-bond donors (Lipinski definition) is 2. The zero-order valence-corrected chi connectivity index (χ0v) is 13.1. The van der Waals surface area contributed by atoms with Crippen molar-refractivity contribution in [2.24, 2.45) is 7.05 Å². The van der Waals surface area contributed by atoms with Crippen LogP contribution in [0.4, 0.5) is 5.69 Å². The molecule has 2 aromatic rings. The average molecular weight is 317 g/mol. The van der Waals surface area contributed by atoms with Crippen LogP contribution in [0.2, 0.25) is 0 Å². The van der Waals surface area contributed by atoms with Gasteiger partial charge < -0.3 is 10.4 Å². The Morgan fingerprint density at radius 3 is 2.43 bits per heavy atom. The molecule has 1 aromatic carbocycles. The standard InChI is InChI=1S/C16H19N3O4/c1-11-15(17-13(20)9-6-10-14(21)22)16(23)19(18(11)2)12-7-4-3-5-8-12/h3-5,7-8H,6,9-10H2,1-2H3,(H,17,20)(H,21,22). The second-order valence-electron chi connectivity index (χ2n) is 5.23. The van der Waals surface area contributed by atoms with Gasteiger partial charge in [0.05, 0.1) is 11.4 Å². The lowest BCUT2D eigenvalue weighted by molar-refractivity contribution is -0.137. The van der Waals surface area contributed by atoms with Crippen LogP contribution in [-0.4, -0.2) is 26.3 Å². The summed E-state index contributed by atoms with van der Waals surface area (Å²) in [6.07, 6.45) is 0.223. The third-order valence-electron chi connectivity index (χ3n) is 3.61. The van der Waals surface area contributed by atoms with Crippen molar-refractivity contribution in [3.63, 3.8) is 0 Å². The number of carboxylic acids is 1. The monoisotopic (exact) mass is 317 g/mol. The van der Waals surface area contributed by atoms with E-state index in [0.29, 0.717) is 11.4 Å². The van der Waals surface area contributed by atoms with Crippen molar-refractivity contribution in [1.82, 2.24) is 9.36 Å². The first kappa shape index (κ1) is 16.5. The summed E-state index contributed by atoms with van der Waals surface area (Å²) in [6, 6.07) is 9.12. The minimum atomic E-state index is -0.944. The molecule has 7 heteroatoms. The first-order valence-electron chi connectivity index (χ1n) is 7.27. The van der Waals surface area contributed by atoms with Crippen LogP contribution in [0.5, 0.6) is 0 Å². The van der Waals surface area contributed by atoms with Gasteiger partial charge in [0.25, 0.3) is 5.56 Å². The molecule has 122 valence electrons. The number of benzene rings is 1. The summed E-state index contributed by atoms with van der Waals surface area (Å²) in [7, 11) is 1.74. The summed E-state index contributed by atoms with van der Waals surface area (Å²) in [4.78, 5) is 34.9. The molecule has 23 heavy (non-hydrogen) atoms. The smallest absolute Gasteiger partial charge is 0.303 e. The van der Waals surface area contributed by atoms with Crippen molar-refractivity contribution in [2.75, 3.05) is 5.32 Å². The Morgan fingerprint density at radius 1 is 1.17 bits per heavy atom. The van der Waals surface area contributed by atoms with Gasteiger partial charge in [-0.1, -0.05) is 18.2 Å². The predicted molar refractivity (Wildman–Crippen MR) is 85.9 cm³/mol. The summed E-state index contributed by atoms with van der Waals surface area (Å²) in [5.74, 6) is -1.31. The SMILES string of the molecule is Cc1c(NC(=O)CCCC(=O)O)c(=O)n(-c2ccccc2)n1C. The van der Waals surface area contributed by atoms with Crippen molar-refractivity contribution in [2.45, 2.75) is 26.2 Å². The summed E-state index contributed by atoms with van der Waals surface area (Å²) < 4.78 is 3.15. The van der Waals surface area contributed by atoms with Gasteiger partial charge in [-0.15, -0.1) is 0 Å². The zero-order valence-electron chi connectivity index (χ0n) is 13.1. The highest BCUT2D eigenvalue weighted by atomic mass is 16.4. The van der Waals surface area contributed by atoms with Crippen LogP contribution in [0.25, 0.3) is 5.69 Å². The minimum Gasteiger partial charge on any atom is -0.481 e. The number of nitrogens with zero attached hydrogens (tertiary/aromatic N) is 2. The summed E-state index contributed by atoms with van der Waals surface area (Å²) in [5, 5.41) is 11.2. The highest BCUT2D eigenvalue weighted by Crippen LogP contribution is 2.14. The van der Waals surface area contributed by atoms with Gasteiger partial charge in [-0.3, -0.25) is 19.1 Å². The number of amides is 1. The van der Waals surface area contributed by atoms with Crippen LogP contribution in [0.3, 0.4) is 0 Å². The molecule has 0 aliphatic rings. The Labute approximate surface area is 133 Å². The van der Waals surface area contributed by atoms with Gasteiger partial charge in [0.15, 0.2) is 0 Å². The van der Waals surface area contributed by atoms with Crippen LogP contribution >= 0.6 is 0 Å². The number of carbonyl (C=O) groups is 2. The van der Waals surface area contributed by atoms with Gasteiger partial charge in [0.1, 0.15) is 5.69 Å². The lowest BCUT2D eigenvalue weighted by Gasteiger charge is -2.07. The normalized spacial score (nSPS) is 10.5. The van der Waals surface area contributed by atoms with E-state index in [9.17, 15) is 14.4 Å². The van der Waals surface area contributed by atoms with E-state index in [1.54, 1.807) is 30.8 Å². The van der Waals surface area contributed by atoms with Crippen LogP contribution in [-0.2, 0) is 16.6 Å². The Kier molecular flexibility index (Phi) is 5.00. The molecule has 0 fully saturated rings. The van der Waals surface area contributed by atoms with Gasteiger partial charge in [0.2, 0.25) is 5.91 Å². The first-order valence-corrected chi connectivity index (χ1v) is 7.27. The molecule has 7 nitrogen and oxygen atoms in total. The molecule has 1 amide bonds. The quantitative estimate of drug-likeness (QED) is 0.847. The third-order valence-corrected chi connectivity index (χ3v) is 3.61. The maximum atomic E-state index is 12.6. The molecular formula is C16H19N3O4. The van der Waals surface area contributed by atoms with E-state index in [1.807, 2.05) is 18.2 Å². The number of aliphatic carboxylic acids is 1. The molecule has 2 N–H and O–H groups in total. The van der Waals surface area contributed by atoms with Crippen molar-refractivity contribution in [3.05, 3.63) is 46.4 Å². The van der Waals surface area contributed by atoms with Crippen LogP contribution in [0.15, 0.2) is 35.1 Å². The number of para-hydroxylation sites is 1. The van der Waals surface area contributed by atoms with E-state index in [1.165, 1.54) is 4.68 Å². The molecule has 0 atom stereocenters. The van der Waals surface area contributed by atoms with E-state index in [-0.39, 0.29) is 36.4 Å². The van der Waals surface area contributed by atoms with E-state index >= 15 is 0 Å². The van der Waals surface area contributed by atoms with E-state index in [0.717, 1.165) is 0 Å². The second kappa shape index (κ2) is 6.95. The molecule has 2 rings (SSSR count). The maximum Gasteiger partial charge on any atom is 0.303 e. The number of aromatic nitrogens is 2. The number of hydrogen-bond acceptors (Lipinski definition) is 3. The zero-order chi connectivity index (χ0) is 17.0. The van der Waals surface area contributed by atoms with Gasteiger partial charge in [-0.2, -0.15) is 0 Å². The molecule has 0 radical (unpaired) electrons. The fraction of sp³-hybridized carbons (Fsp3) is 0.312. The molecular weight excluding hydrogens is 298 g/mol. The Bertz CT molecular complexity index is 775. The van der Waals surface area contributed by atoms with Gasteiger partial charge >= 0.3 is 5.97 Å². The summed E-state index contributed by atoms with van der Waals surface area (Å²) in [6.45, 7) is 1.74. The Hall–Kier alpha value is -2.83. The van der Waals surface area contributed by atoms with E-state index in [4.69, 9.17) is 5.11 Å². The van der Waals surface area contributed by atoms with E-state index in [2.05, 4.69) is 5.32 Å². The number of nitrogens with one attached hydrogen (secondary N) is 1. The van der Waals surface area contributed by atoms with Crippen LogP contribution in [0, 0.1) is 6.92 Å². The van der Waals surface area contributed by atoms with E-state index < -0.39 is 5.97 Å². The molecule has 1 heterocycles. The number of rotatable bonds is 6. The predicted octanol–water partition coefficient (Wildman–Crippen LogP) is 1.68. The maximum absolute atomic E-state index is 12.6. The van der Waals surface area contributed by atoms with Crippen molar-refractivity contribution in [1.29, 1.82) is 0 Å². The van der Waals surface area contributed by atoms with Gasteiger partial charge in [0, 0.05) is 19.9 Å². The minimum absolute atomic E-state index is 0.0609. The second-order valence-corrected chi connectivity index (χ2v) is 5.23. The Morgan fingerprint density at radius 2 is 1.83 bits per heavy atom. The van der Waals surface area contributed by atoms with Crippen LogP contribution in [0.1, 0.15) is 25.0 Å². The average Bonchev–Trinajstić information content (AvgIpc) is 2.71. The lowest BCUT2D eigenvalue weighted by atomic mass is 10.2. The molecule has 0 saturated heterocycles. The number of carbonyl (C=O) groups excluding carboxylic acids is 1. The number of carboxylic acid groups (broad SMARTS) is 1. The summed E-state index contributed by atoms with van der Waals surface area (Å²) >= 11 is 0. The first-order chi connectivity index (χ1) is 10.9. The van der Waals surface area contributed by atoms with Gasteiger partial charge in [-0.25, -0.2) is 4.68 Å². The molecule has 0 bridgehead atoms. The Balaban J connectivity index is 2.23. The largest absolute Gasteiger partial charge is 0.481 e. The van der Waals surface area contributed by atoms with Crippen molar-refractivity contribution < 1.29 is 14.7 Å². The van der Waals surface area contributed by atoms with Crippen molar-refractivity contribution >= 4 is 17.6 Å². The highest BCUT2D eigenvalue weighted by molar-refractivity contribution is 5.91. The topological polar surface area (TPSA) is 93.3 Å². The molecule has 0 aliphatic heterocycles. The molecule has 0 spiro atoms. The van der Waals surface area contributed by atoms with Crippen LogP contribution < -0.4 is 10.9 Å². The third kappa shape index (κ3) is 3.68. The molecule has 0 unspecified atom stereocenters. The van der Waals surface area contributed by atoms with Crippen molar-refractivity contribution in [3.8, 4) is 5.69 Å². The molecule has 0 saturated carbocycles. The highest BCUT2D eigenvalue weighted by Gasteiger charge is 2.17. The van der Waals surface area contributed by atoms with Gasteiger partial charge in [-0.05, 0) is 25.5 Å². The molecule has 1 aromatic heterocycles. The summed E-state index contributed by atoms with van der Waals surface area (Å²) in [5.41, 5.74) is 1.24. The molecule has 0 aliphatic carbocycles. The fourth-order valence-electron chi connectivity index (χ4n) is 2.31. The fourth-order valence-corrected chi connectivity index (χ4v) is 2.31.